The number of aromatic nitrogens is 3. The van der Waals surface area contributed by atoms with Crippen LogP contribution < -0.4 is 15.8 Å². The van der Waals surface area contributed by atoms with Gasteiger partial charge >= 0.3 is 6.09 Å². The fraction of sp³-hybridized carbons (Fsp3) is 0.206. The zero-order valence-electron chi connectivity index (χ0n) is 25.4. The van der Waals surface area contributed by atoms with E-state index in [1.54, 1.807) is 18.2 Å². The highest BCUT2D eigenvalue weighted by Crippen LogP contribution is 2.33. The van der Waals surface area contributed by atoms with Gasteiger partial charge in [0, 0.05) is 54.4 Å². The maximum Gasteiger partial charge on any atom is 0.407 e. The third kappa shape index (κ3) is 6.11. The van der Waals surface area contributed by atoms with Crippen LogP contribution in [0.15, 0.2) is 77.6 Å². The van der Waals surface area contributed by atoms with Crippen molar-refractivity contribution in [3.05, 3.63) is 112 Å². The number of benzene rings is 3. The van der Waals surface area contributed by atoms with E-state index in [0.717, 1.165) is 16.7 Å². The number of carbonyl (C=O) groups excluding carboxylic acids is 1. The molecule has 0 radical (unpaired) electrons. The summed E-state index contributed by atoms with van der Waals surface area (Å²) in [6.45, 7) is 2.55. The largest absolute Gasteiger partial charge is 0.465 e. The number of aryl methyl sites for hydroxylation is 1. The molecule has 10 nitrogen and oxygen atoms in total. The molecule has 6 rings (SSSR count). The molecule has 2 N–H and O–H groups in total. The van der Waals surface area contributed by atoms with Crippen LogP contribution in [0.3, 0.4) is 0 Å². The number of para-hydroxylation sites is 1. The van der Waals surface area contributed by atoms with E-state index >= 15 is 8.78 Å². The Morgan fingerprint density at radius 2 is 1.62 bits per heavy atom. The summed E-state index contributed by atoms with van der Waals surface area (Å²) in [4.78, 5) is 50.7. The van der Waals surface area contributed by atoms with Gasteiger partial charge in [-0.1, -0.05) is 12.1 Å². The number of pyridine rings is 1. The van der Waals surface area contributed by atoms with Crippen LogP contribution in [0.4, 0.5) is 29.6 Å². The van der Waals surface area contributed by atoms with Crippen molar-refractivity contribution in [1.29, 1.82) is 0 Å². The molecule has 0 atom stereocenters. The Labute approximate surface area is 266 Å². The lowest BCUT2D eigenvalue weighted by Crippen LogP contribution is -2.45. The Morgan fingerprint density at radius 1 is 0.936 bits per heavy atom. The number of fused-ring (bicyclic) bond motifs is 1. The topological polar surface area (TPSA) is 121 Å². The van der Waals surface area contributed by atoms with Crippen LogP contribution in [0.25, 0.3) is 28.0 Å². The first-order chi connectivity index (χ1) is 22.5. The SMILES string of the molecule is Cc1ccc(C(=O)Nc2ccc(F)cc2)cc1-c1nc(N2CCC(N(C)C(=O)O)CC2)nc2c1ccc(=O)n2-c1c(F)cccc1F. The van der Waals surface area contributed by atoms with Crippen molar-refractivity contribution in [2.75, 3.05) is 30.4 Å². The molecule has 240 valence electrons. The predicted molar refractivity (Wildman–Crippen MR) is 171 cm³/mol. The highest BCUT2D eigenvalue weighted by Gasteiger charge is 2.28. The molecular formula is C34H29F3N6O4. The highest BCUT2D eigenvalue weighted by molar-refractivity contribution is 6.05. The first kappa shape index (κ1) is 31.3. The smallest absolute Gasteiger partial charge is 0.407 e. The van der Waals surface area contributed by atoms with Gasteiger partial charge in [-0.15, -0.1) is 0 Å². The normalized spacial score (nSPS) is 13.5. The van der Waals surface area contributed by atoms with Crippen LogP contribution in [0, 0.1) is 24.4 Å². The van der Waals surface area contributed by atoms with Crippen molar-refractivity contribution in [2.45, 2.75) is 25.8 Å². The van der Waals surface area contributed by atoms with Gasteiger partial charge in [-0.25, -0.2) is 22.9 Å². The molecule has 0 spiro atoms. The Balaban J connectivity index is 1.51. The van der Waals surface area contributed by atoms with E-state index in [1.807, 2.05) is 11.8 Å². The first-order valence-electron chi connectivity index (χ1n) is 14.8. The number of carboxylic acid groups (broad SMARTS) is 1. The highest BCUT2D eigenvalue weighted by atomic mass is 19.1. The molecule has 47 heavy (non-hydrogen) atoms. The molecule has 5 aromatic rings. The second kappa shape index (κ2) is 12.6. The van der Waals surface area contributed by atoms with Crippen LogP contribution in [0.1, 0.15) is 28.8 Å². The van der Waals surface area contributed by atoms with Gasteiger partial charge in [-0.05, 0) is 79.9 Å². The fourth-order valence-corrected chi connectivity index (χ4v) is 5.73. The molecule has 2 amide bonds. The average Bonchev–Trinajstić information content (AvgIpc) is 3.06. The summed E-state index contributed by atoms with van der Waals surface area (Å²) in [6, 6.07) is 16.0. The van der Waals surface area contributed by atoms with Crippen molar-refractivity contribution in [3.63, 3.8) is 0 Å². The number of halogens is 3. The van der Waals surface area contributed by atoms with E-state index in [9.17, 15) is 23.9 Å². The summed E-state index contributed by atoms with van der Waals surface area (Å²) in [6.07, 6.45) is -0.0927. The van der Waals surface area contributed by atoms with Gasteiger partial charge in [-0.2, -0.15) is 4.98 Å². The lowest BCUT2D eigenvalue weighted by Gasteiger charge is -2.35. The third-order valence-corrected chi connectivity index (χ3v) is 8.35. The van der Waals surface area contributed by atoms with Crippen molar-refractivity contribution >= 4 is 34.7 Å². The van der Waals surface area contributed by atoms with Gasteiger partial charge in [-0.3, -0.25) is 14.2 Å². The van der Waals surface area contributed by atoms with Gasteiger partial charge in [0.1, 0.15) is 23.1 Å². The number of rotatable bonds is 6. The molecule has 0 saturated carbocycles. The lowest BCUT2D eigenvalue weighted by atomic mass is 9.99. The maximum absolute atomic E-state index is 15.1. The number of amides is 2. The van der Waals surface area contributed by atoms with Gasteiger partial charge < -0.3 is 20.2 Å². The Kier molecular flexibility index (Phi) is 8.37. The first-order valence-corrected chi connectivity index (χ1v) is 14.8. The number of nitrogens with zero attached hydrogens (tertiary/aromatic N) is 5. The Bertz CT molecular complexity index is 2060. The van der Waals surface area contributed by atoms with E-state index in [0.29, 0.717) is 53.8 Å². The fourth-order valence-electron chi connectivity index (χ4n) is 5.73. The quantitative estimate of drug-likeness (QED) is 0.233. The molecule has 3 aromatic carbocycles. The minimum atomic E-state index is -1.04. The minimum Gasteiger partial charge on any atom is -0.465 e. The standard InChI is InChI=1S/C34H29F3N6O4/c1-19-6-7-20(32(45)38-22-10-8-21(35)9-11-22)18-25(19)29-24-12-13-28(44)43(30-26(36)4-3-5-27(30)37)31(24)40-33(39-29)42-16-14-23(15-17-42)41(2)34(46)47/h3-13,18,23H,14-17H2,1-2H3,(H,38,45)(H,46,47). The Morgan fingerprint density at radius 3 is 2.28 bits per heavy atom. The molecular weight excluding hydrogens is 613 g/mol. The van der Waals surface area contributed by atoms with E-state index in [4.69, 9.17) is 4.98 Å². The number of nitrogens with one attached hydrogen (secondary N) is 1. The van der Waals surface area contributed by atoms with Crippen molar-refractivity contribution in [1.82, 2.24) is 19.4 Å². The van der Waals surface area contributed by atoms with E-state index in [2.05, 4.69) is 10.3 Å². The maximum atomic E-state index is 15.1. The number of anilines is 2. The number of hydrogen-bond donors (Lipinski definition) is 2. The van der Waals surface area contributed by atoms with Gasteiger partial charge in [0.2, 0.25) is 5.95 Å². The van der Waals surface area contributed by atoms with Crippen molar-refractivity contribution < 1.29 is 27.9 Å². The number of hydrogen-bond acceptors (Lipinski definition) is 6. The summed E-state index contributed by atoms with van der Waals surface area (Å²) in [5, 5.41) is 12.5. The van der Waals surface area contributed by atoms with Crippen LogP contribution >= 0.6 is 0 Å². The number of carbonyl (C=O) groups is 2. The summed E-state index contributed by atoms with van der Waals surface area (Å²) < 4.78 is 44.6. The molecule has 1 saturated heterocycles. The van der Waals surface area contributed by atoms with E-state index < -0.39 is 40.7 Å². The van der Waals surface area contributed by atoms with Crippen LogP contribution in [0.5, 0.6) is 0 Å². The van der Waals surface area contributed by atoms with E-state index in [1.165, 1.54) is 54.4 Å². The van der Waals surface area contributed by atoms with Crippen LogP contribution in [-0.4, -0.2) is 62.7 Å². The molecule has 0 bridgehead atoms. The summed E-state index contributed by atoms with van der Waals surface area (Å²) in [5.41, 5.74) is 0.820. The predicted octanol–water partition coefficient (Wildman–Crippen LogP) is 6.00. The molecule has 0 unspecified atom stereocenters. The molecule has 1 aliphatic rings. The third-order valence-electron chi connectivity index (χ3n) is 8.35. The molecule has 0 aliphatic carbocycles. The molecule has 1 fully saturated rings. The monoisotopic (exact) mass is 642 g/mol. The van der Waals surface area contributed by atoms with Crippen molar-refractivity contribution in [2.24, 2.45) is 0 Å². The summed E-state index contributed by atoms with van der Waals surface area (Å²) in [7, 11) is 1.51. The average molecular weight is 643 g/mol. The number of piperidine rings is 1. The summed E-state index contributed by atoms with van der Waals surface area (Å²) >= 11 is 0. The van der Waals surface area contributed by atoms with Gasteiger partial charge in [0.25, 0.3) is 11.5 Å². The summed E-state index contributed by atoms with van der Waals surface area (Å²) in [5.74, 6) is -2.67. The van der Waals surface area contributed by atoms with Gasteiger partial charge in [0.05, 0.1) is 5.69 Å². The van der Waals surface area contributed by atoms with E-state index in [-0.39, 0.29) is 23.2 Å². The van der Waals surface area contributed by atoms with Crippen molar-refractivity contribution in [3.8, 4) is 16.9 Å². The lowest BCUT2D eigenvalue weighted by molar-refractivity contribution is 0.102. The zero-order chi connectivity index (χ0) is 33.4. The van der Waals surface area contributed by atoms with Crippen LogP contribution in [0.2, 0.25) is 0 Å². The zero-order valence-corrected chi connectivity index (χ0v) is 25.4. The second-order valence-corrected chi connectivity index (χ2v) is 11.3. The minimum absolute atomic E-state index is 0.0492. The molecule has 2 aromatic heterocycles. The Hall–Kier alpha value is -5.72. The molecule has 1 aliphatic heterocycles. The second-order valence-electron chi connectivity index (χ2n) is 11.3. The van der Waals surface area contributed by atoms with Crippen LogP contribution in [-0.2, 0) is 0 Å². The molecule has 3 heterocycles. The van der Waals surface area contributed by atoms with Gasteiger partial charge in [0.15, 0.2) is 5.65 Å². The molecule has 13 heteroatoms.